The average molecular weight is 354 g/mol. The molecule has 0 unspecified atom stereocenters. The molecule has 6 heteroatoms. The van der Waals surface area contributed by atoms with Gasteiger partial charge in [-0.15, -0.1) is 0 Å². The van der Waals surface area contributed by atoms with E-state index in [1.807, 2.05) is 0 Å². The minimum absolute atomic E-state index is 0.160. The molecule has 0 atom stereocenters. The zero-order valence-electron chi connectivity index (χ0n) is 13.7. The second-order valence-corrected chi connectivity index (χ2v) is 6.18. The van der Waals surface area contributed by atoms with Crippen LogP contribution in [0.5, 0.6) is 0 Å². The van der Waals surface area contributed by atoms with Crippen LogP contribution in [0.2, 0.25) is 0 Å². The van der Waals surface area contributed by atoms with Gasteiger partial charge in [-0.05, 0) is 59.5 Å². The molecule has 130 valence electrons. The second-order valence-electron chi connectivity index (χ2n) is 6.18. The summed E-state index contributed by atoms with van der Waals surface area (Å²) in [7, 11) is 0. The highest BCUT2D eigenvalue weighted by molar-refractivity contribution is 6.01. The molecule has 0 fully saturated rings. The number of carbonyl (C=O) groups excluding carboxylic acids is 1. The quantitative estimate of drug-likeness (QED) is 0.694. The zero-order chi connectivity index (χ0) is 18.4. The molecule has 0 radical (unpaired) electrons. The number of aromatic nitrogens is 1. The summed E-state index contributed by atoms with van der Waals surface area (Å²) in [4.78, 5) is 15.7. The Morgan fingerprint density at radius 1 is 0.923 bits per heavy atom. The lowest BCUT2D eigenvalue weighted by atomic mass is 9.89. The molecule has 0 saturated carbocycles. The molecular weight excluding hydrogens is 341 g/mol. The SMILES string of the molecule is Cc1cc(F)ncc1-c1cc2c(cc1-c1ccc(F)cc1F)C(=O)NC2. The van der Waals surface area contributed by atoms with Crippen molar-refractivity contribution in [2.45, 2.75) is 13.5 Å². The number of pyridine rings is 1. The van der Waals surface area contributed by atoms with Gasteiger partial charge in [-0.1, -0.05) is 0 Å². The molecule has 1 aliphatic heterocycles. The molecule has 2 heterocycles. The number of halogens is 3. The van der Waals surface area contributed by atoms with E-state index >= 15 is 0 Å². The standard InChI is InChI=1S/C20H13F3N2O/c1-10-4-19(23)24-9-17(10)15-5-11-8-25-20(26)14(11)7-16(15)13-3-2-12(21)6-18(13)22/h2-7,9H,8H2,1H3,(H,25,26). The Balaban J connectivity index is 2.02. The molecule has 1 amide bonds. The molecular formula is C20H13F3N2O. The highest BCUT2D eigenvalue weighted by Gasteiger charge is 2.24. The third kappa shape index (κ3) is 2.63. The topological polar surface area (TPSA) is 42.0 Å². The van der Waals surface area contributed by atoms with Crippen LogP contribution < -0.4 is 5.32 Å². The third-order valence-electron chi connectivity index (χ3n) is 4.52. The van der Waals surface area contributed by atoms with Gasteiger partial charge in [0.1, 0.15) is 11.6 Å². The lowest BCUT2D eigenvalue weighted by Crippen LogP contribution is -2.12. The van der Waals surface area contributed by atoms with Crippen LogP contribution in [0.4, 0.5) is 13.2 Å². The van der Waals surface area contributed by atoms with E-state index in [0.717, 1.165) is 17.7 Å². The van der Waals surface area contributed by atoms with Crippen LogP contribution in [0.15, 0.2) is 42.6 Å². The number of nitrogens with zero attached hydrogens (tertiary/aromatic N) is 1. The zero-order valence-corrected chi connectivity index (χ0v) is 13.7. The molecule has 26 heavy (non-hydrogen) atoms. The molecule has 0 bridgehead atoms. The first kappa shape index (κ1) is 16.3. The second kappa shape index (κ2) is 5.98. The van der Waals surface area contributed by atoms with E-state index in [4.69, 9.17) is 0 Å². The number of rotatable bonds is 2. The van der Waals surface area contributed by atoms with Crippen molar-refractivity contribution in [3.05, 3.63) is 76.9 Å². The largest absolute Gasteiger partial charge is 0.348 e. The van der Waals surface area contributed by atoms with Crippen LogP contribution >= 0.6 is 0 Å². The molecule has 1 aromatic heterocycles. The summed E-state index contributed by atoms with van der Waals surface area (Å²) in [6, 6.07) is 7.93. The van der Waals surface area contributed by atoms with E-state index in [-0.39, 0.29) is 11.5 Å². The Morgan fingerprint density at radius 3 is 2.42 bits per heavy atom. The fraction of sp³-hybridized carbons (Fsp3) is 0.100. The summed E-state index contributed by atoms with van der Waals surface area (Å²) in [6.07, 6.45) is 1.38. The summed E-state index contributed by atoms with van der Waals surface area (Å²) in [5, 5.41) is 2.72. The third-order valence-corrected chi connectivity index (χ3v) is 4.52. The van der Waals surface area contributed by atoms with Gasteiger partial charge in [0.2, 0.25) is 5.95 Å². The Labute approximate surface area is 147 Å². The fourth-order valence-corrected chi connectivity index (χ4v) is 3.23. The Hall–Kier alpha value is -3.15. The van der Waals surface area contributed by atoms with E-state index < -0.39 is 17.6 Å². The number of hydrogen-bond donors (Lipinski definition) is 1. The van der Waals surface area contributed by atoms with E-state index in [1.165, 1.54) is 18.3 Å². The van der Waals surface area contributed by atoms with Gasteiger partial charge in [-0.2, -0.15) is 4.39 Å². The van der Waals surface area contributed by atoms with Crippen molar-refractivity contribution in [3.8, 4) is 22.3 Å². The first-order valence-corrected chi connectivity index (χ1v) is 7.97. The maximum absolute atomic E-state index is 14.4. The fourth-order valence-electron chi connectivity index (χ4n) is 3.23. The Bertz CT molecular complexity index is 1060. The van der Waals surface area contributed by atoms with E-state index in [1.54, 1.807) is 19.1 Å². The van der Waals surface area contributed by atoms with Crippen LogP contribution in [-0.2, 0) is 6.54 Å². The van der Waals surface area contributed by atoms with Crippen LogP contribution in [0.3, 0.4) is 0 Å². The number of benzene rings is 2. The van der Waals surface area contributed by atoms with Crippen molar-refractivity contribution in [1.82, 2.24) is 10.3 Å². The smallest absolute Gasteiger partial charge is 0.251 e. The number of carbonyl (C=O) groups is 1. The first-order chi connectivity index (χ1) is 12.4. The summed E-state index contributed by atoms with van der Waals surface area (Å²) in [5.74, 6) is -2.29. The lowest BCUT2D eigenvalue weighted by Gasteiger charge is -2.15. The number of amides is 1. The van der Waals surface area contributed by atoms with Gasteiger partial charge < -0.3 is 5.32 Å². The van der Waals surface area contributed by atoms with Gasteiger partial charge in [0.05, 0.1) is 0 Å². The molecule has 3 aromatic rings. The lowest BCUT2D eigenvalue weighted by molar-refractivity contribution is 0.0966. The number of nitrogens with one attached hydrogen (secondary N) is 1. The van der Waals surface area contributed by atoms with Gasteiger partial charge in [-0.25, -0.2) is 13.8 Å². The van der Waals surface area contributed by atoms with Crippen molar-refractivity contribution in [1.29, 1.82) is 0 Å². The predicted molar refractivity (Wildman–Crippen MR) is 90.9 cm³/mol. The van der Waals surface area contributed by atoms with Crippen molar-refractivity contribution in [2.75, 3.05) is 0 Å². The number of aryl methyl sites for hydroxylation is 1. The maximum atomic E-state index is 14.4. The Morgan fingerprint density at radius 2 is 1.69 bits per heavy atom. The molecule has 1 aliphatic rings. The van der Waals surface area contributed by atoms with Crippen LogP contribution in [0.25, 0.3) is 22.3 Å². The number of hydrogen-bond acceptors (Lipinski definition) is 2. The summed E-state index contributed by atoms with van der Waals surface area (Å²) < 4.78 is 41.1. The molecule has 1 N–H and O–H groups in total. The monoisotopic (exact) mass is 354 g/mol. The van der Waals surface area contributed by atoms with Crippen molar-refractivity contribution in [2.24, 2.45) is 0 Å². The molecule has 0 aliphatic carbocycles. The first-order valence-electron chi connectivity index (χ1n) is 7.97. The van der Waals surface area contributed by atoms with Crippen molar-refractivity contribution in [3.63, 3.8) is 0 Å². The van der Waals surface area contributed by atoms with E-state index in [9.17, 15) is 18.0 Å². The van der Waals surface area contributed by atoms with Gasteiger partial charge in [-0.3, -0.25) is 4.79 Å². The summed E-state index contributed by atoms with van der Waals surface area (Å²) in [5.41, 5.74) is 3.64. The van der Waals surface area contributed by atoms with E-state index in [0.29, 0.717) is 34.4 Å². The average Bonchev–Trinajstić information content (AvgIpc) is 2.94. The highest BCUT2D eigenvalue weighted by atomic mass is 19.1. The molecule has 0 saturated heterocycles. The van der Waals surface area contributed by atoms with Crippen LogP contribution in [-0.4, -0.2) is 10.9 Å². The Kier molecular flexibility index (Phi) is 3.76. The van der Waals surface area contributed by atoms with Gasteiger partial charge in [0.25, 0.3) is 5.91 Å². The normalized spacial score (nSPS) is 12.8. The van der Waals surface area contributed by atoms with Gasteiger partial charge in [0.15, 0.2) is 0 Å². The molecule has 4 rings (SSSR count). The van der Waals surface area contributed by atoms with Crippen molar-refractivity contribution < 1.29 is 18.0 Å². The molecule has 0 spiro atoms. The molecule has 3 nitrogen and oxygen atoms in total. The highest BCUT2D eigenvalue weighted by Crippen LogP contribution is 2.38. The number of fused-ring (bicyclic) bond motifs is 1. The predicted octanol–water partition coefficient (Wildman–Crippen LogP) is 4.38. The summed E-state index contributed by atoms with van der Waals surface area (Å²) in [6.45, 7) is 2.09. The van der Waals surface area contributed by atoms with Gasteiger partial charge in [0, 0.05) is 35.5 Å². The maximum Gasteiger partial charge on any atom is 0.251 e. The minimum atomic E-state index is -0.739. The van der Waals surface area contributed by atoms with Crippen LogP contribution in [0.1, 0.15) is 21.5 Å². The van der Waals surface area contributed by atoms with E-state index in [2.05, 4.69) is 10.3 Å². The van der Waals surface area contributed by atoms with Crippen LogP contribution in [0, 0.1) is 24.5 Å². The summed E-state index contributed by atoms with van der Waals surface area (Å²) >= 11 is 0. The van der Waals surface area contributed by atoms with Crippen molar-refractivity contribution >= 4 is 5.91 Å². The minimum Gasteiger partial charge on any atom is -0.348 e. The van der Waals surface area contributed by atoms with Gasteiger partial charge >= 0.3 is 0 Å². The molecule has 2 aromatic carbocycles.